The molecule has 0 spiro atoms. The van der Waals surface area contributed by atoms with Crippen molar-refractivity contribution in [3.63, 3.8) is 0 Å². The molecule has 0 aromatic carbocycles. The molecule has 1 heterocycles. The molecule has 112 valence electrons. The molecule has 2 aliphatic rings. The third-order valence-electron chi connectivity index (χ3n) is 4.83. The number of carbonyl (C=O) groups is 2. The number of nitrogens with two attached hydrogens (primary N) is 1. The minimum Gasteiger partial charge on any atom is -0.369 e. The molecule has 20 heavy (non-hydrogen) atoms. The van der Waals surface area contributed by atoms with Crippen LogP contribution in [0.15, 0.2) is 11.6 Å². The molecule has 1 saturated heterocycles. The first kappa shape index (κ1) is 15.1. The zero-order valence-electron chi connectivity index (χ0n) is 13.0. The van der Waals surface area contributed by atoms with Gasteiger partial charge in [0.15, 0.2) is 0 Å². The zero-order valence-corrected chi connectivity index (χ0v) is 13.0. The Morgan fingerprint density at radius 3 is 2.50 bits per heavy atom. The maximum atomic E-state index is 12.7. The van der Waals surface area contributed by atoms with Gasteiger partial charge in [-0.1, -0.05) is 25.5 Å². The van der Waals surface area contributed by atoms with E-state index in [0.717, 1.165) is 19.4 Å². The predicted molar refractivity (Wildman–Crippen MR) is 78.7 cm³/mol. The Kier molecular flexibility index (Phi) is 3.94. The Bertz CT molecular complexity index is 449. The molecule has 0 bridgehead atoms. The van der Waals surface area contributed by atoms with Crippen LogP contribution in [0.1, 0.15) is 40.5 Å². The Morgan fingerprint density at radius 2 is 1.95 bits per heavy atom. The van der Waals surface area contributed by atoms with Crippen molar-refractivity contribution in [1.82, 2.24) is 4.90 Å². The molecular formula is C16H26N2O2. The van der Waals surface area contributed by atoms with E-state index >= 15 is 0 Å². The van der Waals surface area contributed by atoms with Gasteiger partial charge in [0.25, 0.3) is 0 Å². The van der Waals surface area contributed by atoms with E-state index in [2.05, 4.69) is 33.8 Å². The molecule has 4 nitrogen and oxygen atoms in total. The van der Waals surface area contributed by atoms with Crippen LogP contribution < -0.4 is 5.73 Å². The summed E-state index contributed by atoms with van der Waals surface area (Å²) in [4.78, 5) is 25.9. The highest BCUT2D eigenvalue weighted by molar-refractivity contribution is 5.85. The number of likely N-dealkylation sites (tertiary alicyclic amines) is 1. The first-order chi connectivity index (χ1) is 9.25. The second-order valence-electron chi connectivity index (χ2n) is 7.09. The van der Waals surface area contributed by atoms with E-state index in [4.69, 9.17) is 5.73 Å². The lowest BCUT2D eigenvalue weighted by atomic mass is 9.96. The highest BCUT2D eigenvalue weighted by Crippen LogP contribution is 2.60. The van der Waals surface area contributed by atoms with Crippen LogP contribution in [-0.2, 0) is 9.59 Å². The van der Waals surface area contributed by atoms with Gasteiger partial charge in [0, 0.05) is 13.1 Å². The van der Waals surface area contributed by atoms with Gasteiger partial charge in [-0.2, -0.15) is 0 Å². The number of hydrogen-bond donors (Lipinski definition) is 1. The van der Waals surface area contributed by atoms with E-state index in [-0.39, 0.29) is 29.1 Å². The molecule has 3 atom stereocenters. The van der Waals surface area contributed by atoms with Crippen LogP contribution in [0, 0.1) is 23.2 Å². The fraction of sp³-hybridized carbons (Fsp3) is 0.750. The number of hydrogen-bond acceptors (Lipinski definition) is 2. The van der Waals surface area contributed by atoms with Crippen LogP contribution in [0.5, 0.6) is 0 Å². The van der Waals surface area contributed by atoms with Crippen molar-refractivity contribution in [3.05, 3.63) is 11.6 Å². The SMILES string of the molecule is CC(C)=C[C@@H]1[C@H](C(=O)N2CCC[C@H](C(N)=O)C2)C1(C)C. The Labute approximate surface area is 121 Å². The number of amides is 2. The standard InChI is InChI=1S/C16H26N2O2/c1-10(2)8-12-13(16(12,3)4)15(20)18-7-5-6-11(9-18)14(17)19/h8,11-13H,5-7,9H2,1-4H3,(H2,17,19)/t11-,12+,13+/m0/s1. The topological polar surface area (TPSA) is 63.4 Å². The molecule has 1 aliphatic heterocycles. The molecule has 0 radical (unpaired) electrons. The second kappa shape index (κ2) is 5.23. The molecule has 2 N–H and O–H groups in total. The van der Waals surface area contributed by atoms with Gasteiger partial charge in [0.1, 0.15) is 0 Å². The van der Waals surface area contributed by atoms with Crippen LogP contribution in [0.2, 0.25) is 0 Å². The molecule has 0 aromatic heterocycles. The molecule has 1 aliphatic carbocycles. The summed E-state index contributed by atoms with van der Waals surface area (Å²) < 4.78 is 0. The zero-order chi connectivity index (χ0) is 15.1. The number of carbonyl (C=O) groups excluding carboxylic acids is 2. The number of allylic oxidation sites excluding steroid dienone is 2. The van der Waals surface area contributed by atoms with E-state index in [1.54, 1.807) is 0 Å². The molecule has 0 aromatic rings. The van der Waals surface area contributed by atoms with Crippen LogP contribution in [0.3, 0.4) is 0 Å². The van der Waals surface area contributed by atoms with Crippen LogP contribution in [-0.4, -0.2) is 29.8 Å². The Morgan fingerprint density at radius 1 is 1.30 bits per heavy atom. The van der Waals surface area contributed by atoms with Gasteiger partial charge in [-0.15, -0.1) is 0 Å². The lowest BCUT2D eigenvalue weighted by molar-refractivity contribution is -0.136. The van der Waals surface area contributed by atoms with E-state index < -0.39 is 0 Å². The van der Waals surface area contributed by atoms with Gasteiger partial charge >= 0.3 is 0 Å². The van der Waals surface area contributed by atoms with Crippen LogP contribution in [0.25, 0.3) is 0 Å². The lowest BCUT2D eigenvalue weighted by Gasteiger charge is -2.31. The highest BCUT2D eigenvalue weighted by atomic mass is 16.2. The lowest BCUT2D eigenvalue weighted by Crippen LogP contribution is -2.45. The van der Waals surface area contributed by atoms with Crippen LogP contribution in [0.4, 0.5) is 0 Å². The quantitative estimate of drug-likeness (QED) is 0.802. The van der Waals surface area contributed by atoms with E-state index in [0.29, 0.717) is 12.5 Å². The third kappa shape index (κ3) is 2.74. The first-order valence-corrected chi connectivity index (χ1v) is 7.48. The number of piperidine rings is 1. The Hall–Kier alpha value is -1.32. The largest absolute Gasteiger partial charge is 0.369 e. The first-order valence-electron chi connectivity index (χ1n) is 7.48. The van der Waals surface area contributed by atoms with E-state index in [9.17, 15) is 9.59 Å². The normalized spacial score (nSPS) is 31.6. The minimum atomic E-state index is -0.279. The number of primary amides is 1. The summed E-state index contributed by atoms with van der Waals surface area (Å²) in [7, 11) is 0. The van der Waals surface area contributed by atoms with Gasteiger partial charge in [-0.25, -0.2) is 0 Å². The van der Waals surface area contributed by atoms with Crippen molar-refractivity contribution in [2.75, 3.05) is 13.1 Å². The number of rotatable bonds is 3. The molecule has 2 fully saturated rings. The average molecular weight is 278 g/mol. The molecule has 0 unspecified atom stereocenters. The smallest absolute Gasteiger partial charge is 0.226 e. The van der Waals surface area contributed by atoms with Crippen molar-refractivity contribution in [1.29, 1.82) is 0 Å². The van der Waals surface area contributed by atoms with Gasteiger partial charge in [0.05, 0.1) is 11.8 Å². The average Bonchev–Trinajstić information content (AvgIpc) is 2.89. The maximum absolute atomic E-state index is 12.7. The maximum Gasteiger partial charge on any atom is 0.226 e. The van der Waals surface area contributed by atoms with Gasteiger partial charge < -0.3 is 10.6 Å². The highest BCUT2D eigenvalue weighted by Gasteiger charge is 2.61. The second-order valence-corrected chi connectivity index (χ2v) is 7.09. The summed E-state index contributed by atoms with van der Waals surface area (Å²) in [6.45, 7) is 9.70. The molecular weight excluding hydrogens is 252 g/mol. The van der Waals surface area contributed by atoms with Gasteiger partial charge in [-0.05, 0) is 38.0 Å². The summed E-state index contributed by atoms with van der Waals surface area (Å²) in [6, 6.07) is 0. The molecule has 2 amide bonds. The summed E-state index contributed by atoms with van der Waals surface area (Å²) in [6.07, 6.45) is 3.89. The summed E-state index contributed by atoms with van der Waals surface area (Å²) in [5.41, 5.74) is 6.67. The van der Waals surface area contributed by atoms with Crippen molar-refractivity contribution in [2.24, 2.45) is 28.9 Å². The van der Waals surface area contributed by atoms with Gasteiger partial charge in [-0.3, -0.25) is 9.59 Å². The molecule has 1 saturated carbocycles. The fourth-order valence-electron chi connectivity index (χ4n) is 3.43. The van der Waals surface area contributed by atoms with E-state index in [1.807, 2.05) is 4.90 Å². The predicted octanol–water partition coefficient (Wildman–Crippen LogP) is 1.95. The monoisotopic (exact) mass is 278 g/mol. The van der Waals surface area contributed by atoms with E-state index in [1.165, 1.54) is 5.57 Å². The third-order valence-corrected chi connectivity index (χ3v) is 4.83. The molecule has 4 heteroatoms. The number of nitrogens with zero attached hydrogens (tertiary/aromatic N) is 1. The summed E-state index contributed by atoms with van der Waals surface area (Å²) in [5.74, 6) is 0.135. The van der Waals surface area contributed by atoms with Crippen LogP contribution >= 0.6 is 0 Å². The Balaban J connectivity index is 2.05. The minimum absolute atomic E-state index is 0.0357. The summed E-state index contributed by atoms with van der Waals surface area (Å²) >= 11 is 0. The van der Waals surface area contributed by atoms with Gasteiger partial charge in [0.2, 0.25) is 11.8 Å². The molecule has 2 rings (SSSR count). The summed E-state index contributed by atoms with van der Waals surface area (Å²) in [5, 5.41) is 0. The fourth-order valence-corrected chi connectivity index (χ4v) is 3.43. The van der Waals surface area contributed by atoms with Crippen molar-refractivity contribution in [2.45, 2.75) is 40.5 Å². The van der Waals surface area contributed by atoms with Crippen molar-refractivity contribution < 1.29 is 9.59 Å². The van der Waals surface area contributed by atoms with Crippen molar-refractivity contribution >= 4 is 11.8 Å². The van der Waals surface area contributed by atoms with Crippen molar-refractivity contribution in [3.8, 4) is 0 Å².